The molecule has 5 heteroatoms. The van der Waals surface area contributed by atoms with Gasteiger partial charge in [0, 0.05) is 11.6 Å². The van der Waals surface area contributed by atoms with Crippen molar-refractivity contribution < 1.29 is 4.74 Å². The second kappa shape index (κ2) is 6.86. The van der Waals surface area contributed by atoms with E-state index in [4.69, 9.17) is 33.7 Å². The number of benzene rings is 2. The maximum absolute atomic E-state index is 6.01. The van der Waals surface area contributed by atoms with Gasteiger partial charge in [0.2, 0.25) is 0 Å². The number of rotatable bonds is 3. The monoisotopic (exact) mass is 303 g/mol. The molecule has 0 amide bonds. The number of hydrogen-bond acceptors (Lipinski definition) is 2. The van der Waals surface area contributed by atoms with Gasteiger partial charge >= 0.3 is 0 Å². The largest absolute Gasteiger partial charge is 0.456 e. The first-order valence-electron chi connectivity index (χ1n) is 5.11. The first-order chi connectivity index (χ1) is 8.19. The number of halogens is 3. The number of hydrogen-bond donors (Lipinski definition) is 1. The van der Waals surface area contributed by atoms with Crippen molar-refractivity contribution in [1.82, 2.24) is 0 Å². The van der Waals surface area contributed by atoms with Crippen LogP contribution in [0, 0.1) is 0 Å². The highest BCUT2D eigenvalue weighted by Gasteiger charge is 2.03. The fourth-order valence-corrected chi connectivity index (χ4v) is 1.83. The first kappa shape index (κ1) is 15.1. The van der Waals surface area contributed by atoms with Crippen LogP contribution in [-0.2, 0) is 6.54 Å². The zero-order chi connectivity index (χ0) is 12.3. The van der Waals surface area contributed by atoms with Gasteiger partial charge in [-0.3, -0.25) is 0 Å². The molecule has 0 saturated heterocycles. The van der Waals surface area contributed by atoms with Gasteiger partial charge in [0.15, 0.2) is 0 Å². The highest BCUT2D eigenvalue weighted by atomic mass is 35.5. The van der Waals surface area contributed by atoms with Gasteiger partial charge in [-0.1, -0.05) is 35.3 Å². The van der Waals surface area contributed by atoms with Crippen LogP contribution in [0.4, 0.5) is 0 Å². The van der Waals surface area contributed by atoms with Gasteiger partial charge in [0.25, 0.3) is 0 Å². The maximum Gasteiger partial charge on any atom is 0.146 e. The average Bonchev–Trinajstić information content (AvgIpc) is 2.34. The van der Waals surface area contributed by atoms with Gasteiger partial charge in [-0.05, 0) is 35.9 Å². The minimum absolute atomic E-state index is 0. The van der Waals surface area contributed by atoms with Crippen LogP contribution in [0.5, 0.6) is 11.5 Å². The van der Waals surface area contributed by atoms with Crippen molar-refractivity contribution in [2.75, 3.05) is 0 Å². The van der Waals surface area contributed by atoms with Crippen molar-refractivity contribution in [3.8, 4) is 11.5 Å². The highest BCUT2D eigenvalue weighted by Crippen LogP contribution is 2.31. The Morgan fingerprint density at radius 1 is 1.00 bits per heavy atom. The third-order valence-corrected chi connectivity index (χ3v) is 2.81. The molecule has 0 aliphatic carbocycles. The molecule has 18 heavy (non-hydrogen) atoms. The van der Waals surface area contributed by atoms with Crippen molar-refractivity contribution in [3.05, 3.63) is 58.1 Å². The average molecular weight is 305 g/mol. The predicted molar refractivity (Wildman–Crippen MR) is 78.1 cm³/mol. The Hall–Kier alpha value is -0.930. The molecule has 0 spiro atoms. The Bertz CT molecular complexity index is 514. The van der Waals surface area contributed by atoms with Crippen molar-refractivity contribution >= 4 is 35.6 Å². The maximum atomic E-state index is 6.01. The fraction of sp³-hybridized carbons (Fsp3) is 0.0769. The molecular formula is C13H12Cl3NO. The second-order valence-corrected chi connectivity index (χ2v) is 4.37. The molecule has 0 fully saturated rings. The van der Waals surface area contributed by atoms with E-state index in [0.717, 1.165) is 5.56 Å². The van der Waals surface area contributed by atoms with Crippen LogP contribution in [0.2, 0.25) is 10.0 Å². The van der Waals surface area contributed by atoms with Crippen molar-refractivity contribution in [1.29, 1.82) is 0 Å². The molecule has 0 aliphatic heterocycles. The molecule has 0 radical (unpaired) electrons. The fourth-order valence-electron chi connectivity index (χ4n) is 1.38. The normalized spacial score (nSPS) is 9.72. The molecule has 0 bridgehead atoms. The summed E-state index contributed by atoms with van der Waals surface area (Å²) < 4.78 is 5.63. The van der Waals surface area contributed by atoms with E-state index in [2.05, 4.69) is 0 Å². The Balaban J connectivity index is 0.00000162. The molecule has 2 aromatic rings. The zero-order valence-corrected chi connectivity index (χ0v) is 11.7. The summed E-state index contributed by atoms with van der Waals surface area (Å²) in [6.45, 7) is 0.516. The molecule has 2 nitrogen and oxygen atoms in total. The molecule has 0 aromatic heterocycles. The molecular weight excluding hydrogens is 293 g/mol. The smallest absolute Gasteiger partial charge is 0.146 e. The lowest BCUT2D eigenvalue weighted by Gasteiger charge is -2.08. The number of ether oxygens (including phenoxy) is 1. The van der Waals surface area contributed by atoms with E-state index in [1.54, 1.807) is 18.2 Å². The summed E-state index contributed by atoms with van der Waals surface area (Å²) in [5.41, 5.74) is 6.57. The van der Waals surface area contributed by atoms with E-state index in [9.17, 15) is 0 Å². The summed E-state index contributed by atoms with van der Waals surface area (Å²) in [6.07, 6.45) is 0. The molecule has 2 aromatic carbocycles. The summed E-state index contributed by atoms with van der Waals surface area (Å²) in [7, 11) is 0. The zero-order valence-electron chi connectivity index (χ0n) is 9.40. The summed E-state index contributed by atoms with van der Waals surface area (Å²) in [5, 5.41) is 1.07. The topological polar surface area (TPSA) is 35.2 Å². The third-order valence-electron chi connectivity index (χ3n) is 2.28. The van der Waals surface area contributed by atoms with E-state index in [1.807, 2.05) is 24.3 Å². The lowest BCUT2D eigenvalue weighted by atomic mass is 10.2. The molecule has 0 saturated carbocycles. The minimum Gasteiger partial charge on any atom is -0.456 e. The van der Waals surface area contributed by atoms with Crippen LogP contribution in [0.25, 0.3) is 0 Å². The van der Waals surface area contributed by atoms with E-state index >= 15 is 0 Å². The van der Waals surface area contributed by atoms with Gasteiger partial charge < -0.3 is 10.5 Å². The van der Waals surface area contributed by atoms with Crippen LogP contribution >= 0.6 is 35.6 Å². The Morgan fingerprint density at radius 3 is 2.22 bits per heavy atom. The third kappa shape index (κ3) is 3.79. The van der Waals surface area contributed by atoms with Crippen LogP contribution in [0.1, 0.15) is 5.56 Å². The summed E-state index contributed by atoms with van der Waals surface area (Å²) in [6, 6.07) is 12.7. The Kier molecular flexibility index (Phi) is 5.76. The number of nitrogens with two attached hydrogens (primary N) is 1. The SMILES string of the molecule is Cl.NCc1ccc(Oc2ccc(Cl)cc2Cl)cc1. The summed E-state index contributed by atoms with van der Waals surface area (Å²) >= 11 is 11.8. The van der Waals surface area contributed by atoms with Gasteiger partial charge in [-0.2, -0.15) is 0 Å². The van der Waals surface area contributed by atoms with E-state index in [-0.39, 0.29) is 12.4 Å². The highest BCUT2D eigenvalue weighted by molar-refractivity contribution is 6.35. The van der Waals surface area contributed by atoms with Crippen LogP contribution in [-0.4, -0.2) is 0 Å². The standard InChI is InChI=1S/C13H11Cl2NO.ClH/c14-10-3-6-13(12(15)7-10)17-11-4-1-9(8-16)2-5-11;/h1-7H,8,16H2;1H. The second-order valence-electron chi connectivity index (χ2n) is 3.52. The molecule has 0 unspecified atom stereocenters. The molecule has 2 N–H and O–H groups in total. The van der Waals surface area contributed by atoms with Gasteiger partial charge in [0.05, 0.1) is 5.02 Å². The lowest BCUT2D eigenvalue weighted by molar-refractivity contribution is 0.482. The molecule has 96 valence electrons. The molecule has 2 rings (SSSR count). The molecule has 0 atom stereocenters. The van der Waals surface area contributed by atoms with Crippen LogP contribution < -0.4 is 10.5 Å². The Labute approximate surface area is 122 Å². The van der Waals surface area contributed by atoms with E-state index < -0.39 is 0 Å². The van der Waals surface area contributed by atoms with Gasteiger partial charge in [0.1, 0.15) is 11.5 Å². The van der Waals surface area contributed by atoms with Gasteiger partial charge in [-0.15, -0.1) is 12.4 Å². The lowest BCUT2D eigenvalue weighted by Crippen LogP contribution is -1.95. The van der Waals surface area contributed by atoms with E-state index in [0.29, 0.717) is 28.1 Å². The first-order valence-corrected chi connectivity index (χ1v) is 5.86. The molecule has 0 aliphatic rings. The predicted octanol–water partition coefficient (Wildman–Crippen LogP) is 4.67. The van der Waals surface area contributed by atoms with Crippen molar-refractivity contribution in [2.24, 2.45) is 5.73 Å². The van der Waals surface area contributed by atoms with Crippen molar-refractivity contribution in [2.45, 2.75) is 6.54 Å². The van der Waals surface area contributed by atoms with Crippen LogP contribution in [0.3, 0.4) is 0 Å². The summed E-state index contributed by atoms with van der Waals surface area (Å²) in [4.78, 5) is 0. The van der Waals surface area contributed by atoms with E-state index in [1.165, 1.54) is 0 Å². The van der Waals surface area contributed by atoms with Crippen LogP contribution in [0.15, 0.2) is 42.5 Å². The quantitative estimate of drug-likeness (QED) is 0.894. The Morgan fingerprint density at radius 2 is 1.67 bits per heavy atom. The summed E-state index contributed by atoms with van der Waals surface area (Å²) in [5.74, 6) is 1.29. The minimum atomic E-state index is 0. The molecule has 0 heterocycles. The van der Waals surface area contributed by atoms with Gasteiger partial charge in [-0.25, -0.2) is 0 Å². The van der Waals surface area contributed by atoms with Crippen molar-refractivity contribution in [3.63, 3.8) is 0 Å².